The zero-order chi connectivity index (χ0) is 12.3. The van der Waals surface area contributed by atoms with E-state index in [-0.39, 0.29) is 11.4 Å². The molecule has 0 fully saturated rings. The Bertz CT molecular complexity index is 543. The molecular formula is C12H9FN2O2. The van der Waals surface area contributed by atoms with Crippen LogP contribution in [0.1, 0.15) is 10.5 Å². The van der Waals surface area contributed by atoms with Crippen molar-refractivity contribution in [3.63, 3.8) is 0 Å². The molecule has 0 unspecified atom stereocenters. The molecule has 5 heteroatoms. The maximum absolute atomic E-state index is 13.6. The first-order valence-corrected chi connectivity index (χ1v) is 4.87. The standard InChI is InChI=1S/C12H9FN2O2/c1-17-12(16)10-5-4-9(13)11(15-10)8-3-2-6-14-7-8/h2-7H,1H3. The Morgan fingerprint density at radius 1 is 1.35 bits per heavy atom. The summed E-state index contributed by atoms with van der Waals surface area (Å²) >= 11 is 0. The van der Waals surface area contributed by atoms with Gasteiger partial charge in [-0.3, -0.25) is 4.98 Å². The smallest absolute Gasteiger partial charge is 0.356 e. The first-order chi connectivity index (χ1) is 8.22. The van der Waals surface area contributed by atoms with Crippen molar-refractivity contribution < 1.29 is 13.9 Å². The largest absolute Gasteiger partial charge is 0.464 e. The Morgan fingerprint density at radius 2 is 2.18 bits per heavy atom. The van der Waals surface area contributed by atoms with E-state index in [1.807, 2.05) is 0 Å². The van der Waals surface area contributed by atoms with Gasteiger partial charge < -0.3 is 4.74 Å². The molecule has 2 aromatic heterocycles. The van der Waals surface area contributed by atoms with Gasteiger partial charge in [-0.15, -0.1) is 0 Å². The van der Waals surface area contributed by atoms with Gasteiger partial charge in [0, 0.05) is 18.0 Å². The number of methoxy groups -OCH3 is 1. The van der Waals surface area contributed by atoms with Crippen molar-refractivity contribution in [3.05, 3.63) is 48.2 Å². The molecule has 0 bridgehead atoms. The van der Waals surface area contributed by atoms with E-state index >= 15 is 0 Å². The van der Waals surface area contributed by atoms with Crippen molar-refractivity contribution >= 4 is 5.97 Å². The molecule has 0 radical (unpaired) electrons. The molecule has 0 aromatic carbocycles. The number of pyridine rings is 2. The third-order valence-electron chi connectivity index (χ3n) is 2.18. The molecule has 86 valence electrons. The van der Waals surface area contributed by atoms with Crippen molar-refractivity contribution in [1.82, 2.24) is 9.97 Å². The summed E-state index contributed by atoms with van der Waals surface area (Å²) in [7, 11) is 1.25. The first-order valence-electron chi connectivity index (χ1n) is 4.87. The van der Waals surface area contributed by atoms with Crippen LogP contribution in [0.25, 0.3) is 11.3 Å². The Morgan fingerprint density at radius 3 is 2.82 bits per heavy atom. The molecule has 4 nitrogen and oxygen atoms in total. The summed E-state index contributed by atoms with van der Waals surface area (Å²) in [6, 6.07) is 5.80. The van der Waals surface area contributed by atoms with Gasteiger partial charge in [0.05, 0.1) is 7.11 Å². The highest BCUT2D eigenvalue weighted by Gasteiger charge is 2.13. The van der Waals surface area contributed by atoms with E-state index in [0.29, 0.717) is 5.56 Å². The number of carbonyl (C=O) groups is 1. The topological polar surface area (TPSA) is 52.1 Å². The normalized spacial score (nSPS) is 10.0. The Kier molecular flexibility index (Phi) is 3.09. The van der Waals surface area contributed by atoms with Crippen LogP contribution in [0.3, 0.4) is 0 Å². The minimum absolute atomic E-state index is 0.0627. The second-order valence-electron chi connectivity index (χ2n) is 3.26. The van der Waals surface area contributed by atoms with Gasteiger partial charge in [0.1, 0.15) is 17.2 Å². The molecule has 2 aromatic rings. The van der Waals surface area contributed by atoms with E-state index < -0.39 is 11.8 Å². The van der Waals surface area contributed by atoms with Crippen LogP contribution >= 0.6 is 0 Å². The Labute approximate surface area is 97.1 Å². The minimum atomic E-state index is -0.602. The lowest BCUT2D eigenvalue weighted by Crippen LogP contribution is -2.05. The van der Waals surface area contributed by atoms with Gasteiger partial charge >= 0.3 is 5.97 Å². The molecule has 0 aliphatic heterocycles. The van der Waals surface area contributed by atoms with Crippen molar-refractivity contribution in [3.8, 4) is 11.3 Å². The molecule has 2 heterocycles. The van der Waals surface area contributed by atoms with Gasteiger partial charge in [-0.1, -0.05) is 0 Å². The highest BCUT2D eigenvalue weighted by atomic mass is 19.1. The molecule has 0 N–H and O–H groups in total. The number of hydrogen-bond acceptors (Lipinski definition) is 4. The summed E-state index contributed by atoms with van der Waals surface area (Å²) in [5, 5.41) is 0. The van der Waals surface area contributed by atoms with Crippen molar-refractivity contribution in [2.24, 2.45) is 0 Å². The van der Waals surface area contributed by atoms with Crippen LogP contribution in [-0.4, -0.2) is 23.0 Å². The molecule has 17 heavy (non-hydrogen) atoms. The van der Waals surface area contributed by atoms with Gasteiger partial charge in [-0.05, 0) is 24.3 Å². The number of rotatable bonds is 2. The maximum Gasteiger partial charge on any atom is 0.356 e. The number of carbonyl (C=O) groups excluding carboxylic acids is 1. The fraction of sp³-hybridized carbons (Fsp3) is 0.0833. The minimum Gasteiger partial charge on any atom is -0.464 e. The van der Waals surface area contributed by atoms with Crippen molar-refractivity contribution in [1.29, 1.82) is 0 Å². The second-order valence-corrected chi connectivity index (χ2v) is 3.26. The fourth-order valence-electron chi connectivity index (χ4n) is 1.37. The van der Waals surface area contributed by atoms with Crippen LogP contribution in [-0.2, 0) is 4.74 Å². The maximum atomic E-state index is 13.6. The van der Waals surface area contributed by atoms with Crippen LogP contribution in [0.15, 0.2) is 36.7 Å². The van der Waals surface area contributed by atoms with Crippen LogP contribution in [0.2, 0.25) is 0 Å². The zero-order valence-corrected chi connectivity index (χ0v) is 9.05. The van der Waals surface area contributed by atoms with Crippen LogP contribution in [0.5, 0.6) is 0 Å². The Balaban J connectivity index is 2.50. The molecule has 0 saturated carbocycles. The van der Waals surface area contributed by atoms with Gasteiger partial charge in [0.2, 0.25) is 0 Å². The van der Waals surface area contributed by atoms with E-state index in [4.69, 9.17) is 0 Å². The SMILES string of the molecule is COC(=O)c1ccc(F)c(-c2cccnc2)n1. The molecule has 0 aliphatic carbocycles. The van der Waals surface area contributed by atoms with E-state index in [2.05, 4.69) is 14.7 Å². The van der Waals surface area contributed by atoms with E-state index in [1.165, 1.54) is 25.4 Å². The summed E-state index contributed by atoms with van der Waals surface area (Å²) in [5.74, 6) is -1.11. The fourth-order valence-corrected chi connectivity index (χ4v) is 1.37. The predicted molar refractivity (Wildman–Crippen MR) is 58.8 cm³/mol. The number of nitrogens with zero attached hydrogens (tertiary/aromatic N) is 2. The van der Waals surface area contributed by atoms with Gasteiger partial charge in [-0.2, -0.15) is 0 Å². The highest BCUT2D eigenvalue weighted by molar-refractivity contribution is 5.87. The van der Waals surface area contributed by atoms with E-state index in [1.54, 1.807) is 18.3 Å². The summed E-state index contributed by atoms with van der Waals surface area (Å²) in [6.45, 7) is 0. The molecule has 0 atom stereocenters. The van der Waals surface area contributed by atoms with Gasteiger partial charge in [-0.25, -0.2) is 14.2 Å². The number of halogens is 1. The lowest BCUT2D eigenvalue weighted by Gasteiger charge is -2.04. The number of aromatic nitrogens is 2. The zero-order valence-electron chi connectivity index (χ0n) is 9.05. The molecule has 0 spiro atoms. The predicted octanol–water partition coefficient (Wildman–Crippen LogP) is 2.07. The summed E-state index contributed by atoms with van der Waals surface area (Å²) in [4.78, 5) is 19.1. The Hall–Kier alpha value is -2.30. The molecule has 0 amide bonds. The first kappa shape index (κ1) is 11.2. The highest BCUT2D eigenvalue weighted by Crippen LogP contribution is 2.19. The monoisotopic (exact) mass is 232 g/mol. The number of esters is 1. The average molecular weight is 232 g/mol. The van der Waals surface area contributed by atoms with Crippen LogP contribution in [0, 0.1) is 5.82 Å². The van der Waals surface area contributed by atoms with E-state index in [0.717, 1.165) is 0 Å². The van der Waals surface area contributed by atoms with Crippen LogP contribution in [0.4, 0.5) is 4.39 Å². The quantitative estimate of drug-likeness (QED) is 0.744. The van der Waals surface area contributed by atoms with Crippen LogP contribution < -0.4 is 0 Å². The molecule has 0 saturated heterocycles. The van der Waals surface area contributed by atoms with E-state index in [9.17, 15) is 9.18 Å². The molecular weight excluding hydrogens is 223 g/mol. The molecule has 2 rings (SSSR count). The number of ether oxygens (including phenoxy) is 1. The van der Waals surface area contributed by atoms with Crippen molar-refractivity contribution in [2.45, 2.75) is 0 Å². The lowest BCUT2D eigenvalue weighted by molar-refractivity contribution is 0.0594. The summed E-state index contributed by atoms with van der Waals surface area (Å²) < 4.78 is 18.1. The summed E-state index contributed by atoms with van der Waals surface area (Å²) in [6.07, 6.45) is 3.05. The van der Waals surface area contributed by atoms with Gasteiger partial charge in [0.25, 0.3) is 0 Å². The third-order valence-corrected chi connectivity index (χ3v) is 2.18. The lowest BCUT2D eigenvalue weighted by atomic mass is 10.1. The molecule has 0 aliphatic rings. The summed E-state index contributed by atoms with van der Waals surface area (Å²) in [5.41, 5.74) is 0.657. The van der Waals surface area contributed by atoms with Crippen molar-refractivity contribution in [2.75, 3.05) is 7.11 Å². The second kappa shape index (κ2) is 4.69. The number of hydrogen-bond donors (Lipinski definition) is 0. The van der Waals surface area contributed by atoms with Gasteiger partial charge in [0.15, 0.2) is 0 Å². The third kappa shape index (κ3) is 2.28. The average Bonchev–Trinajstić information content (AvgIpc) is 2.39.